The smallest absolute Gasteiger partial charge is 0.259 e. The lowest BCUT2D eigenvalue weighted by Crippen LogP contribution is -2.47. The van der Waals surface area contributed by atoms with Crippen molar-refractivity contribution in [3.05, 3.63) is 148 Å². The predicted molar refractivity (Wildman–Crippen MR) is 173 cm³/mol. The van der Waals surface area contributed by atoms with E-state index in [0.29, 0.717) is 13.1 Å². The highest BCUT2D eigenvalue weighted by molar-refractivity contribution is 9.11. The summed E-state index contributed by atoms with van der Waals surface area (Å²) in [5.74, 6) is -0.464. The van der Waals surface area contributed by atoms with Crippen LogP contribution in [0.25, 0.3) is 0 Å². The molecule has 7 nitrogen and oxygen atoms in total. The molecule has 2 unspecified atom stereocenters. The van der Waals surface area contributed by atoms with E-state index in [9.17, 15) is 4.79 Å². The predicted octanol–water partition coefficient (Wildman–Crippen LogP) is 6.37. The van der Waals surface area contributed by atoms with Gasteiger partial charge in [-0.25, -0.2) is 14.4 Å². The fourth-order valence-electron chi connectivity index (χ4n) is 5.63. The van der Waals surface area contributed by atoms with Crippen LogP contribution in [-0.4, -0.2) is 45.1 Å². The van der Waals surface area contributed by atoms with Crippen LogP contribution in [0.15, 0.2) is 130 Å². The van der Waals surface area contributed by atoms with E-state index in [2.05, 4.69) is 77.5 Å². The zero-order valence-corrected chi connectivity index (χ0v) is 26.4. The number of carbonyl (C=O) groups is 1. The molecule has 0 spiro atoms. The van der Waals surface area contributed by atoms with Crippen molar-refractivity contribution in [3.8, 4) is 0 Å². The van der Waals surface area contributed by atoms with Gasteiger partial charge in [0.05, 0.1) is 16.5 Å². The molecule has 1 aliphatic carbocycles. The number of nitrogens with one attached hydrogen (secondary N) is 2. The number of benzene rings is 3. The van der Waals surface area contributed by atoms with Gasteiger partial charge in [-0.1, -0.05) is 130 Å². The summed E-state index contributed by atoms with van der Waals surface area (Å²) in [7, 11) is 0. The molecule has 3 aromatic carbocycles. The van der Waals surface area contributed by atoms with Gasteiger partial charge in [0.1, 0.15) is 29.2 Å². The first-order chi connectivity index (χ1) is 21.3. The molecule has 2 aliphatic rings. The maximum Gasteiger partial charge on any atom is 0.259 e. The van der Waals surface area contributed by atoms with Crippen molar-refractivity contribution in [2.24, 2.45) is 4.99 Å². The van der Waals surface area contributed by atoms with Gasteiger partial charge < -0.3 is 19.9 Å². The Morgan fingerprint density at radius 3 is 2.14 bits per heavy atom. The molecule has 0 saturated carbocycles. The van der Waals surface area contributed by atoms with Crippen LogP contribution in [-0.2, 0) is 21.6 Å². The van der Waals surface area contributed by atoms with Crippen LogP contribution in [0.3, 0.4) is 0 Å². The van der Waals surface area contributed by atoms with Crippen molar-refractivity contribution < 1.29 is 13.9 Å². The lowest BCUT2D eigenvalue weighted by Gasteiger charge is -2.38. The Kier molecular flexibility index (Phi) is 8.73. The standard InChI is InChI=1S/C33H27BrCl2FN5O2/c34-27-18-26(28-29(33(27,36)37)40-31(35)41-30(28)43)44-17-16-38-19-25-20-39-21-42(25)32(22-10-4-1-5-11-22,23-12-6-2-7-13-23)24-14-8-3-9-15-24/h1-15,18,20-21,31,38H,16-17,19H2,(H,41,43). The molecule has 6 rings (SSSR count). The van der Waals surface area contributed by atoms with Crippen LogP contribution in [0.1, 0.15) is 22.4 Å². The fourth-order valence-corrected chi connectivity index (χ4v) is 6.42. The van der Waals surface area contributed by atoms with Gasteiger partial charge in [0.15, 0.2) is 5.62 Å². The Balaban J connectivity index is 1.26. The summed E-state index contributed by atoms with van der Waals surface area (Å²) in [5, 5.41) is 3.35. The number of aromatic nitrogens is 2. The molecule has 0 bridgehead atoms. The van der Waals surface area contributed by atoms with Crippen molar-refractivity contribution in [1.29, 1.82) is 0 Å². The summed E-state index contributed by atoms with van der Waals surface area (Å²) >= 11 is 15.2. The Bertz CT molecular complexity index is 1650. The van der Waals surface area contributed by atoms with Crippen LogP contribution in [0, 0.1) is 0 Å². The SMILES string of the molecule is O=C1NC(Cl)N=C2C1=C(OCCNCc1cncn1C(c1ccccc1)(c1ccccc1)c1ccccc1)C=C(Br)C2(F)Cl. The van der Waals surface area contributed by atoms with Crippen molar-refractivity contribution in [2.45, 2.75) is 22.8 Å². The topological polar surface area (TPSA) is 80.5 Å². The molecule has 44 heavy (non-hydrogen) atoms. The van der Waals surface area contributed by atoms with Gasteiger partial charge in [0.2, 0.25) is 0 Å². The first kappa shape index (κ1) is 30.3. The van der Waals surface area contributed by atoms with Gasteiger partial charge in [-0.15, -0.1) is 0 Å². The quantitative estimate of drug-likeness (QED) is 0.0875. The van der Waals surface area contributed by atoms with Crippen LogP contribution in [0.4, 0.5) is 4.39 Å². The Morgan fingerprint density at radius 1 is 1.00 bits per heavy atom. The van der Waals surface area contributed by atoms with Crippen molar-refractivity contribution in [3.63, 3.8) is 0 Å². The summed E-state index contributed by atoms with van der Waals surface area (Å²) in [6, 6.07) is 31.1. The normalized spacial score (nSPS) is 20.0. The van der Waals surface area contributed by atoms with Crippen LogP contribution < -0.4 is 10.6 Å². The number of amides is 1. The number of hydrogen-bond acceptors (Lipinski definition) is 5. The number of alkyl halides is 3. The number of imidazole rings is 1. The van der Waals surface area contributed by atoms with Gasteiger partial charge in [-0.05, 0) is 22.8 Å². The number of halogens is 4. The minimum absolute atomic E-state index is 0.0290. The maximum absolute atomic E-state index is 15.2. The van der Waals surface area contributed by atoms with Gasteiger partial charge in [-0.2, -0.15) is 0 Å². The van der Waals surface area contributed by atoms with Gasteiger partial charge in [0, 0.05) is 19.3 Å². The molecule has 0 saturated heterocycles. The number of hydrogen-bond donors (Lipinski definition) is 2. The van der Waals surface area contributed by atoms with E-state index in [1.54, 1.807) is 0 Å². The van der Waals surface area contributed by atoms with Crippen molar-refractivity contribution >= 4 is 50.8 Å². The summed E-state index contributed by atoms with van der Waals surface area (Å²) in [4.78, 5) is 21.2. The molecule has 11 heteroatoms. The molecule has 2 heterocycles. The third kappa shape index (κ3) is 5.49. The average Bonchev–Trinajstić information content (AvgIpc) is 3.50. The number of fused-ring (bicyclic) bond motifs is 1. The third-order valence-electron chi connectivity index (χ3n) is 7.55. The van der Waals surface area contributed by atoms with E-state index in [4.69, 9.17) is 27.9 Å². The number of allylic oxidation sites excluding steroid dienone is 2. The summed E-state index contributed by atoms with van der Waals surface area (Å²) in [5.41, 5.74) is 2.03. The molecular weight excluding hydrogens is 668 g/mol. The monoisotopic (exact) mass is 693 g/mol. The van der Waals surface area contributed by atoms with Gasteiger partial charge >= 0.3 is 0 Å². The number of ether oxygens (including phenoxy) is 1. The summed E-state index contributed by atoms with van der Waals surface area (Å²) < 4.78 is 23.3. The zero-order chi connectivity index (χ0) is 30.7. The minimum atomic E-state index is -2.52. The maximum atomic E-state index is 15.2. The van der Waals surface area contributed by atoms with Crippen LogP contribution in [0.2, 0.25) is 0 Å². The van der Waals surface area contributed by atoms with Gasteiger partial charge in [-0.3, -0.25) is 4.79 Å². The molecule has 2 atom stereocenters. The first-order valence-electron chi connectivity index (χ1n) is 13.9. The van der Waals surface area contributed by atoms with E-state index in [1.165, 1.54) is 6.08 Å². The molecule has 4 aromatic rings. The molecular formula is C33H27BrCl2FN5O2. The van der Waals surface area contributed by atoms with E-state index in [0.717, 1.165) is 22.4 Å². The number of carbonyl (C=O) groups excluding carboxylic acids is 1. The number of rotatable bonds is 10. The second kappa shape index (κ2) is 12.7. The lowest BCUT2D eigenvalue weighted by atomic mass is 9.76. The highest BCUT2D eigenvalue weighted by atomic mass is 79.9. The molecule has 224 valence electrons. The summed E-state index contributed by atoms with van der Waals surface area (Å²) in [6.45, 7) is 1.06. The lowest BCUT2D eigenvalue weighted by molar-refractivity contribution is -0.117. The first-order valence-corrected chi connectivity index (χ1v) is 15.5. The van der Waals surface area contributed by atoms with Crippen molar-refractivity contribution in [1.82, 2.24) is 20.2 Å². The van der Waals surface area contributed by atoms with Gasteiger partial charge in [0.25, 0.3) is 11.0 Å². The molecule has 1 aliphatic heterocycles. The largest absolute Gasteiger partial charge is 0.491 e. The van der Waals surface area contributed by atoms with E-state index >= 15 is 4.39 Å². The molecule has 2 N–H and O–H groups in total. The molecule has 1 aromatic heterocycles. The highest BCUT2D eigenvalue weighted by Gasteiger charge is 2.48. The zero-order valence-electron chi connectivity index (χ0n) is 23.3. The van der Waals surface area contributed by atoms with E-state index < -0.39 is 22.2 Å². The minimum Gasteiger partial charge on any atom is -0.491 e. The fraction of sp³-hybridized carbons (Fsp3) is 0.182. The molecule has 1 amide bonds. The molecule has 0 radical (unpaired) electrons. The van der Waals surface area contributed by atoms with E-state index in [1.807, 2.05) is 67.1 Å². The Hall–Kier alpha value is -3.76. The second-order valence-electron chi connectivity index (χ2n) is 10.2. The third-order valence-corrected chi connectivity index (χ3v) is 9.14. The number of nitrogens with zero attached hydrogens (tertiary/aromatic N) is 3. The van der Waals surface area contributed by atoms with Crippen molar-refractivity contribution in [2.75, 3.05) is 13.2 Å². The highest BCUT2D eigenvalue weighted by Crippen LogP contribution is 2.43. The number of aliphatic imine (C=N–C) groups is 1. The average molecular weight is 695 g/mol. The van der Waals surface area contributed by atoms with Crippen LogP contribution >= 0.6 is 39.1 Å². The Morgan fingerprint density at radius 2 is 1.57 bits per heavy atom. The Labute approximate surface area is 272 Å². The molecule has 0 fully saturated rings. The van der Waals surface area contributed by atoms with E-state index in [-0.39, 0.29) is 28.1 Å². The summed E-state index contributed by atoms with van der Waals surface area (Å²) in [6.07, 6.45) is 5.06. The van der Waals surface area contributed by atoms with Crippen LogP contribution in [0.5, 0.6) is 0 Å². The second-order valence-corrected chi connectivity index (χ2v) is 12.0.